The van der Waals surface area contributed by atoms with E-state index in [-0.39, 0.29) is 17.4 Å². The van der Waals surface area contributed by atoms with E-state index in [0.29, 0.717) is 23.6 Å². The molecule has 0 aliphatic rings. The number of nitrogens with one attached hydrogen (secondary N) is 1. The van der Waals surface area contributed by atoms with Gasteiger partial charge in [-0.05, 0) is 29.8 Å². The van der Waals surface area contributed by atoms with E-state index in [9.17, 15) is 9.59 Å². The molecule has 1 N–H and O–H groups in total. The van der Waals surface area contributed by atoms with Gasteiger partial charge in [-0.3, -0.25) is 9.59 Å². The Bertz CT molecular complexity index is 1150. The van der Waals surface area contributed by atoms with E-state index in [1.54, 1.807) is 59.2 Å². The monoisotopic (exact) mass is 386 g/mol. The molecule has 2 heterocycles. The summed E-state index contributed by atoms with van der Waals surface area (Å²) < 4.78 is 3.27. The Balaban J connectivity index is 1.41. The number of benzene rings is 2. The predicted molar refractivity (Wildman–Crippen MR) is 107 cm³/mol. The van der Waals surface area contributed by atoms with Crippen LogP contribution in [-0.4, -0.2) is 36.2 Å². The Hall–Kier alpha value is -4.07. The van der Waals surface area contributed by atoms with Crippen LogP contribution in [0, 0.1) is 0 Å². The van der Waals surface area contributed by atoms with Crippen molar-refractivity contribution < 1.29 is 9.59 Å². The molecule has 0 atom stereocenters. The first-order valence-electron chi connectivity index (χ1n) is 8.97. The van der Waals surface area contributed by atoms with Gasteiger partial charge in [0.25, 0.3) is 5.91 Å². The quantitative estimate of drug-likeness (QED) is 0.514. The molecule has 0 unspecified atom stereocenters. The molecule has 4 rings (SSSR count). The Kier molecular flexibility index (Phi) is 4.98. The lowest BCUT2D eigenvalue weighted by Gasteiger charge is -2.05. The van der Waals surface area contributed by atoms with E-state index in [0.717, 1.165) is 5.56 Å². The van der Waals surface area contributed by atoms with E-state index in [1.165, 1.54) is 0 Å². The van der Waals surface area contributed by atoms with Gasteiger partial charge >= 0.3 is 0 Å². The number of carbonyl (C=O) groups is 2. The molecule has 0 fully saturated rings. The van der Waals surface area contributed by atoms with Gasteiger partial charge in [0, 0.05) is 30.7 Å². The fraction of sp³-hybridized carbons (Fsp3) is 0.0952. The van der Waals surface area contributed by atoms with Crippen molar-refractivity contribution in [2.24, 2.45) is 7.05 Å². The SMILES string of the molecule is Cn1ccnc1C(=O)c1ccc(NC(=O)c2cn(Cc3ccccc3)nn2)cc1. The van der Waals surface area contributed by atoms with Crippen molar-refractivity contribution in [1.29, 1.82) is 0 Å². The summed E-state index contributed by atoms with van der Waals surface area (Å²) in [6.45, 7) is 0.533. The molecular weight excluding hydrogens is 368 g/mol. The van der Waals surface area contributed by atoms with Gasteiger partial charge in [-0.2, -0.15) is 0 Å². The smallest absolute Gasteiger partial charge is 0.277 e. The van der Waals surface area contributed by atoms with Gasteiger partial charge in [-0.1, -0.05) is 35.5 Å². The zero-order valence-electron chi connectivity index (χ0n) is 15.7. The summed E-state index contributed by atoms with van der Waals surface area (Å²) in [4.78, 5) is 28.9. The minimum atomic E-state index is -0.368. The van der Waals surface area contributed by atoms with Crippen LogP contribution in [-0.2, 0) is 13.6 Å². The number of hydrogen-bond acceptors (Lipinski definition) is 5. The third-order valence-electron chi connectivity index (χ3n) is 4.39. The van der Waals surface area contributed by atoms with Crippen LogP contribution < -0.4 is 5.32 Å². The van der Waals surface area contributed by atoms with Crippen molar-refractivity contribution in [2.45, 2.75) is 6.54 Å². The number of nitrogens with zero attached hydrogens (tertiary/aromatic N) is 5. The second kappa shape index (κ2) is 7.89. The molecule has 29 heavy (non-hydrogen) atoms. The number of carbonyl (C=O) groups excluding carboxylic acids is 2. The largest absolute Gasteiger partial charge is 0.331 e. The highest BCUT2D eigenvalue weighted by molar-refractivity contribution is 6.07. The van der Waals surface area contributed by atoms with Gasteiger partial charge in [-0.15, -0.1) is 5.10 Å². The predicted octanol–water partition coefficient (Wildman–Crippen LogP) is 2.54. The fourth-order valence-corrected chi connectivity index (χ4v) is 2.86. The number of imidazole rings is 1. The summed E-state index contributed by atoms with van der Waals surface area (Å²) in [5, 5.41) is 10.7. The Morgan fingerprint density at radius 2 is 1.79 bits per heavy atom. The minimum Gasteiger partial charge on any atom is -0.331 e. The van der Waals surface area contributed by atoms with E-state index >= 15 is 0 Å². The summed E-state index contributed by atoms with van der Waals surface area (Å²) >= 11 is 0. The average Bonchev–Trinajstić information content (AvgIpc) is 3.38. The van der Waals surface area contributed by atoms with Crippen LogP contribution in [0.15, 0.2) is 73.2 Å². The second-order valence-electron chi connectivity index (χ2n) is 6.51. The van der Waals surface area contributed by atoms with Crippen molar-refractivity contribution in [3.8, 4) is 0 Å². The lowest BCUT2D eigenvalue weighted by molar-refractivity contribution is 0.101. The molecule has 0 saturated heterocycles. The molecule has 8 heteroatoms. The highest BCUT2D eigenvalue weighted by Gasteiger charge is 2.15. The van der Waals surface area contributed by atoms with Gasteiger partial charge in [0.15, 0.2) is 11.5 Å². The maximum atomic E-state index is 12.4. The van der Waals surface area contributed by atoms with Crippen LogP contribution >= 0.6 is 0 Å². The maximum Gasteiger partial charge on any atom is 0.277 e. The Morgan fingerprint density at radius 1 is 1.03 bits per heavy atom. The van der Waals surface area contributed by atoms with Gasteiger partial charge in [0.05, 0.1) is 12.7 Å². The summed E-state index contributed by atoms with van der Waals surface area (Å²) in [6.07, 6.45) is 4.89. The summed E-state index contributed by atoms with van der Waals surface area (Å²) in [5.74, 6) is -0.191. The van der Waals surface area contributed by atoms with Crippen molar-refractivity contribution in [3.63, 3.8) is 0 Å². The first-order chi connectivity index (χ1) is 14.1. The van der Waals surface area contributed by atoms with Crippen LogP contribution in [0.1, 0.15) is 32.2 Å². The van der Waals surface area contributed by atoms with Crippen LogP contribution in [0.25, 0.3) is 0 Å². The second-order valence-corrected chi connectivity index (χ2v) is 6.51. The number of aryl methyl sites for hydroxylation is 1. The number of ketones is 1. The van der Waals surface area contributed by atoms with E-state index < -0.39 is 0 Å². The van der Waals surface area contributed by atoms with Crippen LogP contribution in [0.3, 0.4) is 0 Å². The molecule has 0 aliphatic heterocycles. The van der Waals surface area contributed by atoms with E-state index in [1.807, 2.05) is 30.3 Å². The van der Waals surface area contributed by atoms with Crippen molar-refractivity contribution >= 4 is 17.4 Å². The third-order valence-corrected chi connectivity index (χ3v) is 4.39. The molecule has 4 aromatic rings. The normalized spacial score (nSPS) is 10.7. The molecule has 0 aliphatic carbocycles. The average molecular weight is 386 g/mol. The van der Waals surface area contributed by atoms with Crippen molar-refractivity contribution in [1.82, 2.24) is 24.5 Å². The van der Waals surface area contributed by atoms with Crippen LogP contribution in [0.5, 0.6) is 0 Å². The van der Waals surface area contributed by atoms with Gasteiger partial charge < -0.3 is 9.88 Å². The van der Waals surface area contributed by atoms with Crippen LogP contribution in [0.4, 0.5) is 5.69 Å². The van der Waals surface area contributed by atoms with E-state index in [2.05, 4.69) is 20.6 Å². The van der Waals surface area contributed by atoms with Crippen molar-refractivity contribution in [2.75, 3.05) is 5.32 Å². The van der Waals surface area contributed by atoms with Crippen LogP contribution in [0.2, 0.25) is 0 Å². The molecule has 8 nitrogen and oxygen atoms in total. The fourth-order valence-electron chi connectivity index (χ4n) is 2.86. The summed E-state index contributed by atoms with van der Waals surface area (Å²) in [6, 6.07) is 16.4. The van der Waals surface area contributed by atoms with Gasteiger partial charge in [-0.25, -0.2) is 9.67 Å². The highest BCUT2D eigenvalue weighted by atomic mass is 16.2. The maximum absolute atomic E-state index is 12.4. The molecule has 2 aromatic carbocycles. The summed E-state index contributed by atoms with van der Waals surface area (Å²) in [7, 11) is 1.76. The van der Waals surface area contributed by atoms with E-state index in [4.69, 9.17) is 0 Å². The van der Waals surface area contributed by atoms with Gasteiger partial charge in [0.1, 0.15) is 0 Å². The first kappa shape index (κ1) is 18.3. The lowest BCUT2D eigenvalue weighted by Crippen LogP contribution is -2.13. The van der Waals surface area contributed by atoms with Crippen molar-refractivity contribution in [3.05, 3.63) is 95.8 Å². The Morgan fingerprint density at radius 3 is 2.48 bits per heavy atom. The standard InChI is InChI=1S/C21H18N6O2/c1-26-12-11-22-20(26)19(28)16-7-9-17(10-8-16)23-21(29)18-14-27(25-24-18)13-15-5-3-2-4-6-15/h2-12,14H,13H2,1H3,(H,23,29). The zero-order valence-corrected chi connectivity index (χ0v) is 15.7. The molecular formula is C21H18N6O2. The molecule has 0 bridgehead atoms. The summed E-state index contributed by atoms with van der Waals surface area (Å²) in [5.41, 5.74) is 2.33. The minimum absolute atomic E-state index is 0.181. The van der Waals surface area contributed by atoms with Gasteiger partial charge in [0.2, 0.25) is 5.78 Å². The number of amides is 1. The topological polar surface area (TPSA) is 94.7 Å². The molecule has 1 amide bonds. The first-order valence-corrected chi connectivity index (χ1v) is 8.97. The number of aromatic nitrogens is 5. The molecule has 0 spiro atoms. The number of rotatable bonds is 6. The Labute approximate surface area is 166 Å². The molecule has 2 aromatic heterocycles. The zero-order chi connectivity index (χ0) is 20.2. The number of anilines is 1. The lowest BCUT2D eigenvalue weighted by atomic mass is 10.1. The molecule has 0 radical (unpaired) electrons. The molecule has 0 saturated carbocycles. The number of hydrogen-bond donors (Lipinski definition) is 1. The third kappa shape index (κ3) is 4.11. The highest BCUT2D eigenvalue weighted by Crippen LogP contribution is 2.14. The molecule has 144 valence electrons.